The molecule has 3 aliphatic heterocycles. The van der Waals surface area contributed by atoms with Gasteiger partial charge in [-0.25, -0.2) is 18.7 Å². The molecule has 0 aliphatic carbocycles. The molecule has 4 atom stereocenters. The van der Waals surface area contributed by atoms with E-state index >= 15 is 4.39 Å². The molecule has 4 aromatic rings. The highest BCUT2D eigenvalue weighted by atomic mass is 19.1. The number of phenolic OH excluding ortho intramolecular Hbond substituents is 1. The minimum atomic E-state index is -0.601. The first-order chi connectivity index (χ1) is 20.7. The van der Waals surface area contributed by atoms with Crippen molar-refractivity contribution in [1.29, 1.82) is 0 Å². The summed E-state index contributed by atoms with van der Waals surface area (Å²) in [6.45, 7) is 5.55. The van der Waals surface area contributed by atoms with Gasteiger partial charge in [-0.15, -0.1) is 6.42 Å². The summed E-state index contributed by atoms with van der Waals surface area (Å²) in [6.07, 6.45) is 9.13. The van der Waals surface area contributed by atoms with Crippen molar-refractivity contribution >= 4 is 27.4 Å². The Morgan fingerprint density at radius 1 is 1.16 bits per heavy atom. The highest BCUT2D eigenvalue weighted by Gasteiger charge is 2.47. The molecule has 222 valence electrons. The molecule has 2 saturated heterocycles. The number of aromatic nitrogens is 2. The van der Waals surface area contributed by atoms with Crippen LogP contribution in [0.4, 0.5) is 14.6 Å². The Morgan fingerprint density at radius 2 is 1.98 bits per heavy atom. The lowest BCUT2D eigenvalue weighted by molar-refractivity contribution is 0.155. The van der Waals surface area contributed by atoms with Gasteiger partial charge in [-0.05, 0) is 89.3 Å². The molecule has 3 aliphatic rings. The molecule has 0 spiro atoms. The van der Waals surface area contributed by atoms with Crippen LogP contribution in [0.15, 0.2) is 24.3 Å². The topological polar surface area (TPSA) is 73.8 Å². The summed E-state index contributed by atoms with van der Waals surface area (Å²) in [4.78, 5) is 14.5. The maximum absolute atomic E-state index is 17.2. The van der Waals surface area contributed by atoms with Crippen LogP contribution in [0.5, 0.6) is 11.6 Å². The van der Waals surface area contributed by atoms with E-state index in [0.717, 1.165) is 43.6 Å². The predicted octanol–water partition coefficient (Wildman–Crippen LogP) is 5.31. The Morgan fingerprint density at radius 3 is 2.74 bits per heavy atom. The van der Waals surface area contributed by atoms with Crippen LogP contribution in [0.25, 0.3) is 32.8 Å². The third-order valence-electron chi connectivity index (χ3n) is 9.36. The van der Waals surface area contributed by atoms with Gasteiger partial charge in [0.15, 0.2) is 5.82 Å². The molecular weight excluding hydrogens is 548 g/mol. The molecule has 7 nitrogen and oxygen atoms in total. The van der Waals surface area contributed by atoms with Gasteiger partial charge in [0.25, 0.3) is 0 Å². The van der Waals surface area contributed by atoms with Gasteiger partial charge in [0.2, 0.25) is 5.88 Å². The number of aryl methyl sites for hydroxylation is 2. The van der Waals surface area contributed by atoms with Crippen molar-refractivity contribution < 1.29 is 18.6 Å². The third-order valence-corrected chi connectivity index (χ3v) is 9.36. The Balaban J connectivity index is 1.54. The van der Waals surface area contributed by atoms with Gasteiger partial charge < -0.3 is 25.0 Å². The van der Waals surface area contributed by atoms with E-state index in [9.17, 15) is 9.50 Å². The summed E-state index contributed by atoms with van der Waals surface area (Å²) in [5.74, 6) is 2.14. The van der Waals surface area contributed by atoms with Crippen molar-refractivity contribution in [1.82, 2.24) is 20.2 Å². The summed E-state index contributed by atoms with van der Waals surface area (Å²) >= 11 is 0. The highest BCUT2D eigenvalue weighted by Crippen LogP contribution is 2.47. The van der Waals surface area contributed by atoms with E-state index in [1.807, 2.05) is 27.9 Å². The fourth-order valence-electron chi connectivity index (χ4n) is 7.44. The summed E-state index contributed by atoms with van der Waals surface area (Å²) in [6, 6.07) is 6.21. The molecule has 2 aromatic carbocycles. The number of anilines is 1. The van der Waals surface area contributed by atoms with Crippen LogP contribution in [-0.2, 0) is 6.42 Å². The standard InChI is InChI=1S/C34H35F2N5O2/c1-6-22-24(35)11-9-19-14-21(42)15-23(28(19)22)31-30(36)27-17(2)25(8-7-13-40(4)5)38-33-29(27)34(39-31)43-18(3)32-26-12-10-20(37-26)16-41(32)33/h1,9,11,14-15,18,20,26,32,37,42H,7-8,10,12-13,16H2,2-5H3/t18-,20+,26-,32+/m0/s1. The minimum absolute atomic E-state index is 0.00349. The van der Waals surface area contributed by atoms with Crippen LogP contribution in [-0.4, -0.2) is 71.4 Å². The van der Waals surface area contributed by atoms with Gasteiger partial charge in [0, 0.05) is 40.7 Å². The Bertz CT molecular complexity index is 1830. The molecule has 2 bridgehead atoms. The second-order valence-corrected chi connectivity index (χ2v) is 12.4. The van der Waals surface area contributed by atoms with E-state index in [0.29, 0.717) is 39.8 Å². The van der Waals surface area contributed by atoms with E-state index in [1.54, 1.807) is 0 Å². The van der Waals surface area contributed by atoms with Crippen LogP contribution in [0.1, 0.15) is 43.0 Å². The Kier molecular flexibility index (Phi) is 6.67. The van der Waals surface area contributed by atoms with E-state index < -0.39 is 11.6 Å². The van der Waals surface area contributed by atoms with Crippen molar-refractivity contribution in [3.63, 3.8) is 0 Å². The second kappa shape index (κ2) is 10.3. The minimum Gasteiger partial charge on any atom is -0.508 e. The number of nitrogens with zero attached hydrogens (tertiary/aromatic N) is 4. The molecule has 2 N–H and O–H groups in total. The van der Waals surface area contributed by atoms with Gasteiger partial charge in [0.05, 0.1) is 17.0 Å². The number of benzene rings is 2. The molecule has 2 aromatic heterocycles. The first-order valence-electron chi connectivity index (χ1n) is 14.9. The van der Waals surface area contributed by atoms with Crippen molar-refractivity contribution in [3.05, 3.63) is 52.7 Å². The molecule has 9 heteroatoms. The summed E-state index contributed by atoms with van der Waals surface area (Å²) in [5, 5.41) is 16.2. The lowest BCUT2D eigenvalue weighted by Gasteiger charge is -2.43. The molecule has 0 saturated carbocycles. The zero-order chi connectivity index (χ0) is 30.2. The first-order valence-corrected chi connectivity index (χ1v) is 14.9. The largest absolute Gasteiger partial charge is 0.508 e. The van der Waals surface area contributed by atoms with Crippen molar-refractivity contribution in [2.24, 2.45) is 0 Å². The number of hydrogen-bond acceptors (Lipinski definition) is 7. The van der Waals surface area contributed by atoms with Gasteiger partial charge in [0.1, 0.15) is 29.2 Å². The number of aromatic hydroxyl groups is 1. The number of fused-ring (bicyclic) bond motifs is 6. The Hall–Kier alpha value is -4.00. The number of hydrogen-bond donors (Lipinski definition) is 2. The number of phenols is 1. The first kappa shape index (κ1) is 27.8. The number of ether oxygens (including phenoxy) is 1. The average molecular weight is 584 g/mol. The molecule has 2 fully saturated rings. The normalized spacial score (nSPS) is 22.5. The number of pyridine rings is 2. The maximum atomic E-state index is 17.2. The molecule has 0 unspecified atom stereocenters. The monoisotopic (exact) mass is 583 g/mol. The summed E-state index contributed by atoms with van der Waals surface area (Å²) in [5.41, 5.74) is 1.72. The van der Waals surface area contributed by atoms with E-state index in [-0.39, 0.29) is 46.6 Å². The van der Waals surface area contributed by atoms with Crippen molar-refractivity contribution in [3.8, 4) is 35.2 Å². The SMILES string of the molecule is C#Cc1c(F)ccc2cc(O)cc(-c3nc4c5c(nc(CCCN(C)C)c(C)c5c3F)N3C[C@H]5CC[C@H](N5)[C@H]3[C@H](C)O4)c12. The lowest BCUT2D eigenvalue weighted by Crippen LogP contribution is -2.62. The predicted molar refractivity (Wildman–Crippen MR) is 165 cm³/mol. The van der Waals surface area contributed by atoms with Gasteiger partial charge in [-0.3, -0.25) is 0 Å². The quantitative estimate of drug-likeness (QED) is 0.309. The number of terminal acetylenes is 1. The second-order valence-electron chi connectivity index (χ2n) is 12.4. The van der Waals surface area contributed by atoms with Crippen LogP contribution in [0.3, 0.4) is 0 Å². The van der Waals surface area contributed by atoms with Crippen LogP contribution >= 0.6 is 0 Å². The van der Waals surface area contributed by atoms with Crippen LogP contribution in [0, 0.1) is 30.9 Å². The summed E-state index contributed by atoms with van der Waals surface area (Å²) < 4.78 is 38.7. The average Bonchev–Trinajstić information content (AvgIpc) is 3.29. The van der Waals surface area contributed by atoms with Gasteiger partial charge >= 0.3 is 0 Å². The van der Waals surface area contributed by atoms with Gasteiger partial charge in [-0.2, -0.15) is 0 Å². The van der Waals surface area contributed by atoms with Crippen molar-refractivity contribution in [2.45, 2.75) is 63.8 Å². The molecular formula is C34H35F2N5O2. The van der Waals surface area contributed by atoms with E-state index in [2.05, 4.69) is 21.0 Å². The third kappa shape index (κ3) is 4.38. The fraction of sp³-hybridized carbons (Fsp3) is 0.412. The number of nitrogens with one attached hydrogen (secondary N) is 1. The zero-order valence-electron chi connectivity index (χ0n) is 24.8. The fourth-order valence-corrected chi connectivity index (χ4v) is 7.44. The molecule has 5 heterocycles. The molecule has 0 radical (unpaired) electrons. The van der Waals surface area contributed by atoms with E-state index in [4.69, 9.17) is 21.1 Å². The summed E-state index contributed by atoms with van der Waals surface area (Å²) in [7, 11) is 4.07. The molecule has 43 heavy (non-hydrogen) atoms. The van der Waals surface area contributed by atoms with E-state index in [1.165, 1.54) is 24.3 Å². The molecule has 7 rings (SSSR count). The maximum Gasteiger partial charge on any atom is 0.226 e. The smallest absolute Gasteiger partial charge is 0.226 e. The van der Waals surface area contributed by atoms with Crippen LogP contribution in [0.2, 0.25) is 0 Å². The Labute approximate surface area is 249 Å². The number of rotatable bonds is 5. The zero-order valence-corrected chi connectivity index (χ0v) is 24.8. The number of halogens is 2. The van der Waals surface area contributed by atoms with Crippen LogP contribution < -0.4 is 15.0 Å². The lowest BCUT2D eigenvalue weighted by atomic mass is 9.94. The molecule has 0 amide bonds. The van der Waals surface area contributed by atoms with Crippen molar-refractivity contribution in [2.75, 3.05) is 32.1 Å². The van der Waals surface area contributed by atoms with Gasteiger partial charge in [-0.1, -0.05) is 12.0 Å². The highest BCUT2D eigenvalue weighted by molar-refractivity contribution is 6.06. The number of piperazine rings is 1.